The van der Waals surface area contributed by atoms with Crippen molar-refractivity contribution in [1.82, 2.24) is 25.0 Å². The molecule has 4 aromatic rings. The summed E-state index contributed by atoms with van der Waals surface area (Å²) in [5.74, 6) is 1.11. The van der Waals surface area contributed by atoms with Crippen LogP contribution in [-0.4, -0.2) is 30.7 Å². The van der Waals surface area contributed by atoms with Gasteiger partial charge in [0.2, 0.25) is 0 Å². The number of ketones is 1. The first kappa shape index (κ1) is 18.9. The Bertz CT molecular complexity index is 1250. The van der Waals surface area contributed by atoms with Crippen molar-refractivity contribution in [2.24, 2.45) is 0 Å². The largest absolute Gasteiger partial charge is 0.299 e. The van der Waals surface area contributed by atoms with E-state index in [0.717, 1.165) is 16.6 Å². The zero-order valence-electron chi connectivity index (χ0n) is 16.5. The molecular weight excluding hydrogens is 398 g/mol. The Morgan fingerprint density at radius 2 is 1.90 bits per heavy atom. The molecule has 0 N–H and O–H groups in total. The molecule has 30 heavy (non-hydrogen) atoms. The highest BCUT2D eigenvalue weighted by Gasteiger charge is 2.29. The molecule has 1 fully saturated rings. The molecule has 0 spiro atoms. The van der Waals surface area contributed by atoms with E-state index in [4.69, 9.17) is 11.6 Å². The summed E-state index contributed by atoms with van der Waals surface area (Å²) in [4.78, 5) is 23.2. The first-order chi connectivity index (χ1) is 14.6. The second-order valence-corrected chi connectivity index (χ2v) is 8.26. The van der Waals surface area contributed by atoms with Crippen molar-refractivity contribution in [2.75, 3.05) is 0 Å². The molecule has 0 aliphatic heterocycles. The fraction of sp³-hybridized carbons (Fsp3) is 0.261. The van der Waals surface area contributed by atoms with Gasteiger partial charge in [-0.2, -0.15) is 10.2 Å². The summed E-state index contributed by atoms with van der Waals surface area (Å²) in [5.41, 5.74) is 5.31. The van der Waals surface area contributed by atoms with Crippen molar-refractivity contribution in [1.29, 1.82) is 0 Å². The van der Waals surface area contributed by atoms with E-state index in [-0.39, 0.29) is 12.2 Å². The topological polar surface area (TPSA) is 73.6 Å². The minimum absolute atomic E-state index is 0.119. The Labute approximate surface area is 178 Å². The Morgan fingerprint density at radius 3 is 2.63 bits per heavy atom. The minimum atomic E-state index is 0.119. The standard InChI is InChI=1S/C23H20ClN5O/c1-14-2-5-19-21(8-14)25-13-17(22(19)16-3-4-16)11-18(30)9-15-10-20(24)23(26-12-15)29-27-6-7-28-29/h2,5-8,10,12-13,16H,3-4,9,11H2,1H3. The maximum absolute atomic E-state index is 12.9. The predicted molar refractivity (Wildman–Crippen MR) is 115 cm³/mol. The maximum Gasteiger partial charge on any atom is 0.193 e. The summed E-state index contributed by atoms with van der Waals surface area (Å²) in [6.07, 6.45) is 9.65. The van der Waals surface area contributed by atoms with Crippen molar-refractivity contribution in [3.05, 3.63) is 76.3 Å². The number of rotatable bonds is 6. The predicted octanol–water partition coefficient (Wildman–Crippen LogP) is 4.40. The number of aromatic nitrogens is 5. The van der Waals surface area contributed by atoms with Crippen LogP contribution in [-0.2, 0) is 17.6 Å². The fourth-order valence-electron chi connectivity index (χ4n) is 3.90. The molecular formula is C23H20ClN5O. The van der Waals surface area contributed by atoms with E-state index in [9.17, 15) is 4.79 Å². The number of carbonyl (C=O) groups excluding carboxylic acids is 1. The van der Waals surface area contributed by atoms with Crippen LogP contribution < -0.4 is 0 Å². The Morgan fingerprint density at radius 1 is 1.10 bits per heavy atom. The van der Waals surface area contributed by atoms with Crippen LogP contribution in [0.5, 0.6) is 0 Å². The lowest BCUT2D eigenvalue weighted by atomic mass is 9.94. The molecule has 150 valence electrons. The first-order valence-corrected chi connectivity index (χ1v) is 10.4. The molecule has 1 saturated carbocycles. The number of Topliss-reactive ketones (excluding diaryl/α,β-unsaturated/α-hetero) is 1. The average Bonchev–Trinajstić information content (AvgIpc) is 3.41. The third kappa shape index (κ3) is 3.71. The number of hydrogen-bond acceptors (Lipinski definition) is 5. The molecule has 1 aromatic carbocycles. The second-order valence-electron chi connectivity index (χ2n) is 7.85. The molecule has 1 aliphatic carbocycles. The Hall–Kier alpha value is -3.12. The van der Waals surface area contributed by atoms with E-state index >= 15 is 0 Å². The van der Waals surface area contributed by atoms with Crippen molar-refractivity contribution in [2.45, 2.75) is 38.5 Å². The molecule has 5 rings (SSSR count). The number of nitrogens with zero attached hydrogens (tertiary/aromatic N) is 5. The minimum Gasteiger partial charge on any atom is -0.299 e. The lowest BCUT2D eigenvalue weighted by Gasteiger charge is -2.12. The fourth-order valence-corrected chi connectivity index (χ4v) is 4.17. The third-order valence-corrected chi connectivity index (χ3v) is 5.69. The Balaban J connectivity index is 1.38. The molecule has 0 radical (unpaired) electrons. The SMILES string of the molecule is Cc1ccc2c(C3CC3)c(CC(=O)Cc3cnc(-n4nccn4)c(Cl)c3)cnc2c1. The van der Waals surface area contributed by atoms with Crippen molar-refractivity contribution in [3.8, 4) is 5.82 Å². The van der Waals surface area contributed by atoms with Gasteiger partial charge in [0.15, 0.2) is 5.82 Å². The maximum atomic E-state index is 12.9. The van der Waals surface area contributed by atoms with Crippen LogP contribution in [0.15, 0.2) is 49.1 Å². The van der Waals surface area contributed by atoms with E-state index in [2.05, 4.69) is 45.3 Å². The number of benzene rings is 1. The first-order valence-electron chi connectivity index (χ1n) is 9.99. The van der Waals surface area contributed by atoms with Crippen molar-refractivity contribution < 1.29 is 4.79 Å². The highest BCUT2D eigenvalue weighted by atomic mass is 35.5. The van der Waals surface area contributed by atoms with Gasteiger partial charge in [-0.05, 0) is 60.1 Å². The van der Waals surface area contributed by atoms with Crippen LogP contribution in [0, 0.1) is 6.92 Å². The zero-order valence-corrected chi connectivity index (χ0v) is 17.3. The number of carbonyl (C=O) groups is 1. The highest BCUT2D eigenvalue weighted by Crippen LogP contribution is 2.44. The van der Waals surface area contributed by atoms with Gasteiger partial charge in [0.05, 0.1) is 22.9 Å². The van der Waals surface area contributed by atoms with Crippen molar-refractivity contribution in [3.63, 3.8) is 0 Å². The van der Waals surface area contributed by atoms with Crippen LogP contribution in [0.25, 0.3) is 16.7 Å². The third-order valence-electron chi connectivity index (χ3n) is 5.41. The molecule has 0 atom stereocenters. The summed E-state index contributed by atoms with van der Waals surface area (Å²) >= 11 is 6.33. The summed E-state index contributed by atoms with van der Waals surface area (Å²) in [6.45, 7) is 2.07. The van der Waals surface area contributed by atoms with Crippen LogP contribution in [0.4, 0.5) is 0 Å². The quantitative estimate of drug-likeness (QED) is 0.464. The van der Waals surface area contributed by atoms with Crippen molar-refractivity contribution >= 4 is 28.3 Å². The summed E-state index contributed by atoms with van der Waals surface area (Å²) in [7, 11) is 0. The molecule has 1 aliphatic rings. The van der Waals surface area contributed by atoms with Crippen LogP contribution in [0.3, 0.4) is 0 Å². The van der Waals surface area contributed by atoms with Gasteiger partial charge in [0.1, 0.15) is 5.78 Å². The lowest BCUT2D eigenvalue weighted by molar-refractivity contribution is -0.117. The molecule has 6 nitrogen and oxygen atoms in total. The smallest absolute Gasteiger partial charge is 0.193 e. The number of fused-ring (bicyclic) bond motifs is 1. The van der Waals surface area contributed by atoms with Crippen LogP contribution >= 0.6 is 11.6 Å². The number of pyridine rings is 2. The normalized spacial score (nSPS) is 13.7. The molecule has 3 aromatic heterocycles. The van der Waals surface area contributed by atoms with E-state index in [1.54, 1.807) is 24.7 Å². The van der Waals surface area contributed by atoms with E-state index in [1.807, 2.05) is 6.20 Å². The monoisotopic (exact) mass is 417 g/mol. The van der Waals surface area contributed by atoms with Gasteiger partial charge in [-0.3, -0.25) is 9.78 Å². The van der Waals surface area contributed by atoms with E-state index < -0.39 is 0 Å². The van der Waals surface area contributed by atoms with Gasteiger partial charge in [0.25, 0.3) is 0 Å². The molecule has 0 unspecified atom stereocenters. The second kappa shape index (κ2) is 7.61. The molecule has 0 amide bonds. The van der Waals surface area contributed by atoms with Crippen LogP contribution in [0.1, 0.15) is 41.0 Å². The molecule has 3 heterocycles. The molecule has 7 heteroatoms. The van der Waals surface area contributed by atoms with E-state index in [0.29, 0.717) is 23.2 Å². The Kier molecular flexibility index (Phi) is 4.79. The lowest BCUT2D eigenvalue weighted by Crippen LogP contribution is -2.10. The van der Waals surface area contributed by atoms with Gasteiger partial charge < -0.3 is 0 Å². The van der Waals surface area contributed by atoms with Gasteiger partial charge in [-0.15, -0.1) is 4.80 Å². The van der Waals surface area contributed by atoms with Gasteiger partial charge >= 0.3 is 0 Å². The van der Waals surface area contributed by atoms with Gasteiger partial charge in [0, 0.05) is 30.6 Å². The number of halogens is 1. The number of hydrogen-bond donors (Lipinski definition) is 0. The average molecular weight is 418 g/mol. The molecule has 0 saturated heterocycles. The van der Waals surface area contributed by atoms with Gasteiger partial charge in [-0.25, -0.2) is 4.98 Å². The van der Waals surface area contributed by atoms with Gasteiger partial charge in [-0.1, -0.05) is 23.7 Å². The summed E-state index contributed by atoms with van der Waals surface area (Å²) < 4.78 is 0. The van der Waals surface area contributed by atoms with Crippen LogP contribution in [0.2, 0.25) is 5.02 Å². The summed E-state index contributed by atoms with van der Waals surface area (Å²) in [6, 6.07) is 8.13. The highest BCUT2D eigenvalue weighted by molar-refractivity contribution is 6.32. The zero-order chi connectivity index (χ0) is 20.7. The number of aryl methyl sites for hydroxylation is 1. The molecule has 0 bridgehead atoms. The summed E-state index contributed by atoms with van der Waals surface area (Å²) in [5, 5.41) is 9.67. The van der Waals surface area contributed by atoms with E-state index in [1.165, 1.54) is 34.2 Å².